The second-order valence-electron chi connectivity index (χ2n) is 6.21. The largest absolute Gasteiger partial charge is 0.343 e. The van der Waals surface area contributed by atoms with Crippen LogP contribution in [-0.4, -0.2) is 36.5 Å². The van der Waals surface area contributed by atoms with Gasteiger partial charge in [0.15, 0.2) is 0 Å². The highest BCUT2D eigenvalue weighted by Gasteiger charge is 2.30. The molecule has 0 unspecified atom stereocenters. The number of carbonyl (C=O) groups excluding carboxylic acids is 1. The molecule has 1 saturated heterocycles. The zero-order valence-corrected chi connectivity index (χ0v) is 13.9. The van der Waals surface area contributed by atoms with Crippen LogP contribution in [0.1, 0.15) is 43.6 Å². The molecule has 4 heteroatoms. The molecule has 0 spiro atoms. The number of benzene rings is 1. The first kappa shape index (κ1) is 15.0. The lowest BCUT2D eigenvalue weighted by molar-refractivity contribution is -0.130. The molecule has 1 aliphatic heterocycles. The number of halogens is 1. The van der Waals surface area contributed by atoms with E-state index in [1.807, 2.05) is 4.90 Å². The average molecular weight is 351 g/mol. The van der Waals surface area contributed by atoms with E-state index in [1.165, 1.54) is 31.2 Å². The minimum Gasteiger partial charge on any atom is -0.343 e. The Morgan fingerprint density at radius 3 is 2.76 bits per heavy atom. The molecule has 114 valence electrons. The third kappa shape index (κ3) is 3.86. The molecular formula is C17H23BrN2O. The normalized spacial score (nSPS) is 24.9. The van der Waals surface area contributed by atoms with E-state index in [4.69, 9.17) is 0 Å². The molecule has 1 aliphatic carbocycles. The van der Waals surface area contributed by atoms with E-state index in [0.717, 1.165) is 24.1 Å². The topological polar surface area (TPSA) is 32.3 Å². The Kier molecular flexibility index (Phi) is 4.96. The molecule has 0 bridgehead atoms. The second-order valence-corrected chi connectivity index (χ2v) is 7.13. The van der Waals surface area contributed by atoms with Crippen molar-refractivity contribution in [1.82, 2.24) is 10.2 Å². The summed E-state index contributed by atoms with van der Waals surface area (Å²) >= 11 is 3.53. The van der Waals surface area contributed by atoms with E-state index in [-0.39, 0.29) is 0 Å². The number of nitrogens with zero attached hydrogens (tertiary/aromatic N) is 1. The molecule has 1 aromatic carbocycles. The van der Waals surface area contributed by atoms with Crippen molar-refractivity contribution in [3.05, 3.63) is 34.3 Å². The average Bonchev–Trinajstić information content (AvgIpc) is 2.95. The third-order valence-corrected chi connectivity index (χ3v) is 5.18. The number of nitrogens with one attached hydrogen (secondary N) is 1. The van der Waals surface area contributed by atoms with Crippen LogP contribution in [0.3, 0.4) is 0 Å². The zero-order chi connectivity index (χ0) is 14.7. The van der Waals surface area contributed by atoms with Gasteiger partial charge in [-0.2, -0.15) is 0 Å². The Balaban J connectivity index is 1.34. The molecule has 1 heterocycles. The number of carbonyl (C=O) groups is 1. The molecule has 3 nitrogen and oxygen atoms in total. The summed E-state index contributed by atoms with van der Waals surface area (Å²) in [5, 5.41) is 3.53. The van der Waals surface area contributed by atoms with Gasteiger partial charge in [-0.1, -0.05) is 28.1 Å². The van der Waals surface area contributed by atoms with Crippen molar-refractivity contribution in [2.45, 2.75) is 44.1 Å². The summed E-state index contributed by atoms with van der Waals surface area (Å²) in [6.07, 6.45) is 5.38. The number of hydrogen-bond donors (Lipinski definition) is 1. The van der Waals surface area contributed by atoms with E-state index >= 15 is 0 Å². The van der Waals surface area contributed by atoms with Gasteiger partial charge in [0.05, 0.1) is 0 Å². The fourth-order valence-electron chi connectivity index (χ4n) is 3.33. The van der Waals surface area contributed by atoms with Crippen molar-refractivity contribution in [3.63, 3.8) is 0 Å². The van der Waals surface area contributed by atoms with Crippen molar-refractivity contribution in [2.24, 2.45) is 0 Å². The van der Waals surface area contributed by atoms with Crippen molar-refractivity contribution in [3.8, 4) is 0 Å². The van der Waals surface area contributed by atoms with Gasteiger partial charge in [-0.25, -0.2) is 0 Å². The van der Waals surface area contributed by atoms with Crippen LogP contribution in [0, 0.1) is 0 Å². The van der Waals surface area contributed by atoms with Crippen LogP contribution in [0.15, 0.2) is 28.7 Å². The van der Waals surface area contributed by atoms with E-state index in [0.29, 0.717) is 24.3 Å². The summed E-state index contributed by atoms with van der Waals surface area (Å²) in [6, 6.07) is 9.19. The Labute approximate surface area is 135 Å². The minimum atomic E-state index is 0.322. The van der Waals surface area contributed by atoms with Gasteiger partial charge in [-0.15, -0.1) is 0 Å². The first-order valence-electron chi connectivity index (χ1n) is 7.99. The van der Waals surface area contributed by atoms with Crippen LogP contribution in [0.4, 0.5) is 0 Å². The van der Waals surface area contributed by atoms with Gasteiger partial charge in [0.1, 0.15) is 0 Å². The smallest absolute Gasteiger partial charge is 0.223 e. The van der Waals surface area contributed by atoms with Gasteiger partial charge in [0.2, 0.25) is 5.91 Å². The first-order chi connectivity index (χ1) is 10.2. The Morgan fingerprint density at radius 2 is 2.05 bits per heavy atom. The number of likely N-dealkylation sites (tertiary alicyclic amines) is 1. The molecule has 0 radical (unpaired) electrons. The molecule has 1 amide bonds. The molecule has 2 aliphatic rings. The monoisotopic (exact) mass is 350 g/mol. The molecule has 1 N–H and O–H groups in total. The summed E-state index contributed by atoms with van der Waals surface area (Å²) in [4.78, 5) is 13.9. The second kappa shape index (κ2) is 6.93. The quantitative estimate of drug-likeness (QED) is 0.883. The van der Waals surface area contributed by atoms with Gasteiger partial charge in [0, 0.05) is 36.6 Å². The van der Waals surface area contributed by atoms with Crippen molar-refractivity contribution < 1.29 is 4.79 Å². The third-order valence-electron chi connectivity index (χ3n) is 4.69. The maximum atomic E-state index is 11.9. The van der Waals surface area contributed by atoms with Gasteiger partial charge in [-0.05, 0) is 49.3 Å². The fraction of sp³-hybridized carbons (Fsp3) is 0.588. The predicted molar refractivity (Wildman–Crippen MR) is 88.3 cm³/mol. The lowest BCUT2D eigenvalue weighted by Crippen LogP contribution is -2.41. The van der Waals surface area contributed by atoms with Crippen LogP contribution in [0.25, 0.3) is 0 Å². The summed E-state index contributed by atoms with van der Waals surface area (Å²) < 4.78 is 1.16. The lowest BCUT2D eigenvalue weighted by atomic mass is 9.76. The molecule has 21 heavy (non-hydrogen) atoms. The molecular weight excluding hydrogens is 328 g/mol. The molecule has 2 fully saturated rings. The van der Waals surface area contributed by atoms with Crippen LogP contribution >= 0.6 is 15.9 Å². The SMILES string of the molecule is O=C(CCNC1CC(c2cccc(Br)c2)C1)N1CCCC1. The molecule has 0 atom stereocenters. The standard InChI is InChI=1S/C17H23BrN2O/c18-15-5-3-4-13(10-15)14-11-16(12-14)19-7-6-17(21)20-8-1-2-9-20/h3-5,10,14,16,19H,1-2,6-9,11-12H2. The van der Waals surface area contributed by atoms with Gasteiger partial charge in [-0.3, -0.25) is 4.79 Å². The van der Waals surface area contributed by atoms with Crippen LogP contribution in [0.5, 0.6) is 0 Å². The highest BCUT2D eigenvalue weighted by atomic mass is 79.9. The summed E-state index contributed by atoms with van der Waals surface area (Å²) in [5.41, 5.74) is 1.43. The highest BCUT2D eigenvalue weighted by Crippen LogP contribution is 2.37. The maximum absolute atomic E-state index is 11.9. The van der Waals surface area contributed by atoms with Crippen molar-refractivity contribution in [1.29, 1.82) is 0 Å². The highest BCUT2D eigenvalue weighted by molar-refractivity contribution is 9.10. The van der Waals surface area contributed by atoms with Gasteiger partial charge < -0.3 is 10.2 Å². The Bertz CT molecular complexity index is 493. The van der Waals surface area contributed by atoms with Gasteiger partial charge >= 0.3 is 0 Å². The number of rotatable bonds is 5. The number of amides is 1. The summed E-state index contributed by atoms with van der Waals surface area (Å²) in [5.74, 6) is 0.997. The summed E-state index contributed by atoms with van der Waals surface area (Å²) in [6.45, 7) is 2.76. The zero-order valence-electron chi connectivity index (χ0n) is 12.4. The van der Waals surface area contributed by atoms with Crippen molar-refractivity contribution in [2.75, 3.05) is 19.6 Å². The molecule has 1 aromatic rings. The van der Waals surface area contributed by atoms with E-state index in [9.17, 15) is 4.79 Å². The van der Waals surface area contributed by atoms with Crippen LogP contribution in [-0.2, 0) is 4.79 Å². The predicted octanol–water partition coefficient (Wildman–Crippen LogP) is 3.30. The van der Waals surface area contributed by atoms with Crippen LogP contribution < -0.4 is 5.32 Å². The van der Waals surface area contributed by atoms with Crippen molar-refractivity contribution >= 4 is 21.8 Å². The lowest BCUT2D eigenvalue weighted by Gasteiger charge is -2.36. The minimum absolute atomic E-state index is 0.322. The molecule has 3 rings (SSSR count). The Hall–Kier alpha value is -0.870. The maximum Gasteiger partial charge on any atom is 0.223 e. The molecule has 0 aromatic heterocycles. The van der Waals surface area contributed by atoms with Crippen LogP contribution in [0.2, 0.25) is 0 Å². The van der Waals surface area contributed by atoms with E-state index < -0.39 is 0 Å². The first-order valence-corrected chi connectivity index (χ1v) is 8.78. The fourth-order valence-corrected chi connectivity index (χ4v) is 3.74. The Morgan fingerprint density at radius 1 is 1.29 bits per heavy atom. The molecule has 1 saturated carbocycles. The summed E-state index contributed by atoms with van der Waals surface area (Å²) in [7, 11) is 0. The van der Waals surface area contributed by atoms with Gasteiger partial charge in [0.25, 0.3) is 0 Å². The van der Waals surface area contributed by atoms with E-state index in [2.05, 4.69) is 45.5 Å². The van der Waals surface area contributed by atoms with E-state index in [1.54, 1.807) is 0 Å². The number of hydrogen-bond acceptors (Lipinski definition) is 2.